The van der Waals surface area contributed by atoms with Crippen molar-refractivity contribution in [1.29, 1.82) is 0 Å². The summed E-state index contributed by atoms with van der Waals surface area (Å²) in [7, 11) is 2.04. The predicted octanol–water partition coefficient (Wildman–Crippen LogP) is 3.65. The summed E-state index contributed by atoms with van der Waals surface area (Å²) >= 11 is 0. The summed E-state index contributed by atoms with van der Waals surface area (Å²) in [6.07, 6.45) is 7.32. The van der Waals surface area contributed by atoms with Crippen molar-refractivity contribution >= 4 is 35.9 Å². The van der Waals surface area contributed by atoms with Crippen LogP contribution in [0.3, 0.4) is 0 Å². The fourth-order valence-electron chi connectivity index (χ4n) is 1.90. The molecule has 1 aromatic carbocycles. The zero-order valence-corrected chi connectivity index (χ0v) is 9.94. The van der Waals surface area contributed by atoms with E-state index < -0.39 is 0 Å². The van der Waals surface area contributed by atoms with Gasteiger partial charge < -0.3 is 4.42 Å². The Morgan fingerprint density at radius 3 is 2.76 bits per heavy atom. The van der Waals surface area contributed by atoms with Gasteiger partial charge >= 0.3 is 0 Å². The topological polar surface area (TPSA) is 13.1 Å². The smallest absolute Gasteiger partial charge is 0.153 e. The van der Waals surface area contributed by atoms with Crippen molar-refractivity contribution in [2.75, 3.05) is 0 Å². The van der Waals surface area contributed by atoms with Gasteiger partial charge in [-0.2, -0.15) is 0 Å². The van der Waals surface area contributed by atoms with Gasteiger partial charge in [0.15, 0.2) is 7.28 Å². The highest BCUT2D eigenvalue weighted by Gasteiger charge is 2.11. The van der Waals surface area contributed by atoms with Gasteiger partial charge in [0.25, 0.3) is 0 Å². The summed E-state index contributed by atoms with van der Waals surface area (Å²) in [6.45, 7) is 9.51. The summed E-state index contributed by atoms with van der Waals surface area (Å²) in [4.78, 5) is 0. The van der Waals surface area contributed by atoms with Crippen molar-refractivity contribution in [2.24, 2.45) is 0 Å². The molecule has 0 N–H and O–H groups in total. The largest absolute Gasteiger partial charge is 0.457 e. The molecule has 0 saturated heterocycles. The minimum atomic E-state index is 0.823. The molecule has 0 spiro atoms. The summed E-state index contributed by atoms with van der Waals surface area (Å²) in [5.74, 6) is 0.823. The first-order chi connectivity index (χ1) is 8.31. The van der Waals surface area contributed by atoms with E-state index in [1.807, 2.05) is 50.5 Å². The van der Waals surface area contributed by atoms with Gasteiger partial charge in [-0.15, -0.1) is 0 Å². The highest BCUT2D eigenvalue weighted by Crippen LogP contribution is 2.26. The summed E-state index contributed by atoms with van der Waals surface area (Å²) in [5.41, 5.74) is 3.04. The second kappa shape index (κ2) is 4.92. The van der Waals surface area contributed by atoms with Crippen molar-refractivity contribution in [3.63, 3.8) is 0 Å². The average Bonchev–Trinajstić information content (AvgIpc) is 2.73. The first kappa shape index (κ1) is 11.5. The van der Waals surface area contributed by atoms with Gasteiger partial charge in [0.1, 0.15) is 11.3 Å². The normalized spacial score (nSPS) is 10.9. The lowest BCUT2D eigenvalue weighted by molar-refractivity contribution is 0.605. The Hall–Kier alpha value is -1.96. The van der Waals surface area contributed by atoms with Gasteiger partial charge in [0.05, 0.1) is 0 Å². The van der Waals surface area contributed by atoms with Gasteiger partial charge in [0.2, 0.25) is 0 Å². The molecular weight excluding hydrogens is 207 g/mol. The third-order valence-electron chi connectivity index (χ3n) is 2.71. The van der Waals surface area contributed by atoms with Crippen LogP contribution in [-0.2, 0) is 0 Å². The van der Waals surface area contributed by atoms with Crippen molar-refractivity contribution in [3.05, 3.63) is 54.8 Å². The number of allylic oxidation sites excluding steroid dienone is 2. The molecule has 1 nitrogen and oxygen atoms in total. The second-order valence-corrected chi connectivity index (χ2v) is 3.69. The third kappa shape index (κ3) is 1.98. The van der Waals surface area contributed by atoms with Gasteiger partial charge in [0, 0.05) is 10.9 Å². The zero-order chi connectivity index (χ0) is 12.3. The molecule has 0 atom stereocenters. The average molecular weight is 221 g/mol. The SMILES string of the molecule is C=C/C=C\c1oc2c([B]C)cccc2c1C=C. The van der Waals surface area contributed by atoms with E-state index in [9.17, 15) is 0 Å². The molecule has 0 saturated carbocycles. The number of benzene rings is 1. The van der Waals surface area contributed by atoms with E-state index in [-0.39, 0.29) is 0 Å². The lowest BCUT2D eigenvalue weighted by Crippen LogP contribution is -2.09. The lowest BCUT2D eigenvalue weighted by atomic mass is 9.73. The Bertz CT molecular complexity index is 590. The Morgan fingerprint density at radius 2 is 2.12 bits per heavy atom. The molecule has 2 rings (SSSR count). The maximum atomic E-state index is 5.88. The molecule has 83 valence electrons. The highest BCUT2D eigenvalue weighted by molar-refractivity contribution is 6.55. The summed E-state index contributed by atoms with van der Waals surface area (Å²) in [6, 6.07) is 6.12. The number of fused-ring (bicyclic) bond motifs is 1. The lowest BCUT2D eigenvalue weighted by Gasteiger charge is -1.95. The van der Waals surface area contributed by atoms with Crippen LogP contribution in [0.4, 0.5) is 0 Å². The van der Waals surface area contributed by atoms with E-state index >= 15 is 0 Å². The number of hydrogen-bond acceptors (Lipinski definition) is 1. The molecule has 17 heavy (non-hydrogen) atoms. The first-order valence-electron chi connectivity index (χ1n) is 5.58. The van der Waals surface area contributed by atoms with Crippen LogP contribution in [0, 0.1) is 0 Å². The Kier molecular flexibility index (Phi) is 3.33. The minimum absolute atomic E-state index is 0.823. The molecule has 0 aliphatic heterocycles. The second-order valence-electron chi connectivity index (χ2n) is 3.69. The number of hydrogen-bond donors (Lipinski definition) is 0. The first-order valence-corrected chi connectivity index (χ1v) is 5.58. The van der Waals surface area contributed by atoms with Gasteiger partial charge in [-0.3, -0.25) is 0 Å². The van der Waals surface area contributed by atoms with Gasteiger partial charge in [-0.25, -0.2) is 0 Å². The minimum Gasteiger partial charge on any atom is -0.457 e. The van der Waals surface area contributed by atoms with Crippen LogP contribution in [0.1, 0.15) is 11.3 Å². The van der Waals surface area contributed by atoms with E-state index in [2.05, 4.69) is 13.2 Å². The molecule has 0 aliphatic rings. The molecule has 1 heterocycles. The van der Waals surface area contributed by atoms with Gasteiger partial charge in [-0.05, 0) is 11.5 Å². The predicted molar refractivity (Wildman–Crippen MR) is 76.8 cm³/mol. The summed E-state index contributed by atoms with van der Waals surface area (Å²) in [5, 5.41) is 1.10. The standard InChI is InChI=1S/C15H14BO/c1-4-6-10-14-11(5-2)12-8-7-9-13(16-3)15(12)17-14/h4-10H,1-2H2,3H3/b10-6-. The van der Waals surface area contributed by atoms with E-state index in [4.69, 9.17) is 4.42 Å². The maximum absolute atomic E-state index is 5.88. The van der Waals surface area contributed by atoms with Crippen LogP contribution >= 0.6 is 0 Å². The van der Waals surface area contributed by atoms with E-state index in [0.717, 1.165) is 27.8 Å². The van der Waals surface area contributed by atoms with Crippen molar-refractivity contribution in [2.45, 2.75) is 6.82 Å². The molecule has 2 heteroatoms. The van der Waals surface area contributed by atoms with Crippen LogP contribution in [0.25, 0.3) is 23.1 Å². The summed E-state index contributed by atoms with van der Waals surface area (Å²) < 4.78 is 5.88. The highest BCUT2D eigenvalue weighted by atomic mass is 16.3. The molecule has 1 aromatic heterocycles. The fraction of sp³-hybridized carbons (Fsp3) is 0.0667. The van der Waals surface area contributed by atoms with Crippen LogP contribution in [-0.4, -0.2) is 7.28 Å². The quantitative estimate of drug-likeness (QED) is 0.567. The van der Waals surface area contributed by atoms with E-state index in [0.29, 0.717) is 0 Å². The third-order valence-corrected chi connectivity index (χ3v) is 2.71. The van der Waals surface area contributed by atoms with E-state index in [1.54, 1.807) is 6.08 Å². The van der Waals surface area contributed by atoms with Crippen LogP contribution in [0.15, 0.2) is 47.9 Å². The monoisotopic (exact) mass is 221 g/mol. The Balaban J connectivity index is 2.73. The Labute approximate surface area is 102 Å². The number of para-hydroxylation sites is 1. The van der Waals surface area contributed by atoms with Crippen LogP contribution in [0.5, 0.6) is 0 Å². The molecule has 1 radical (unpaired) electrons. The molecule has 0 unspecified atom stereocenters. The number of rotatable bonds is 4. The maximum Gasteiger partial charge on any atom is 0.153 e. The van der Waals surface area contributed by atoms with Crippen LogP contribution in [0.2, 0.25) is 6.82 Å². The van der Waals surface area contributed by atoms with Crippen LogP contribution < -0.4 is 5.46 Å². The Morgan fingerprint density at radius 1 is 1.29 bits per heavy atom. The zero-order valence-electron chi connectivity index (χ0n) is 9.94. The van der Waals surface area contributed by atoms with E-state index in [1.165, 1.54) is 0 Å². The fourth-order valence-corrected chi connectivity index (χ4v) is 1.90. The number of furan rings is 1. The molecule has 2 aromatic rings. The van der Waals surface area contributed by atoms with Gasteiger partial charge in [-0.1, -0.05) is 56.4 Å². The molecule has 0 bridgehead atoms. The van der Waals surface area contributed by atoms with Crippen molar-refractivity contribution in [3.8, 4) is 0 Å². The molecule has 0 amide bonds. The van der Waals surface area contributed by atoms with Crippen molar-refractivity contribution in [1.82, 2.24) is 0 Å². The van der Waals surface area contributed by atoms with Crippen molar-refractivity contribution < 1.29 is 4.42 Å². The molecule has 0 fully saturated rings. The molecular formula is C15H14BO. The molecule has 0 aliphatic carbocycles.